The van der Waals surface area contributed by atoms with E-state index in [-0.39, 0.29) is 11.3 Å². The standard InChI is InChI=1S/C15H29N3O/c1-12(2)18-8-4-13(5-9-18)17-14(19)10-15(11-16)6-3-7-15/h12-13H,3-11,16H2,1-2H3,(H,17,19). The third-order valence-electron chi connectivity index (χ3n) is 5.01. The number of nitrogens with two attached hydrogens (primary N) is 1. The van der Waals surface area contributed by atoms with Crippen LogP contribution in [0.15, 0.2) is 0 Å². The van der Waals surface area contributed by atoms with Crippen molar-refractivity contribution >= 4 is 5.91 Å². The minimum Gasteiger partial charge on any atom is -0.353 e. The molecule has 0 radical (unpaired) electrons. The molecule has 1 saturated carbocycles. The molecule has 1 aliphatic carbocycles. The van der Waals surface area contributed by atoms with Gasteiger partial charge in [-0.2, -0.15) is 0 Å². The van der Waals surface area contributed by atoms with Crippen LogP contribution in [0.4, 0.5) is 0 Å². The highest BCUT2D eigenvalue weighted by atomic mass is 16.1. The van der Waals surface area contributed by atoms with Crippen molar-refractivity contribution in [2.24, 2.45) is 11.1 Å². The van der Waals surface area contributed by atoms with Crippen molar-refractivity contribution in [3.8, 4) is 0 Å². The van der Waals surface area contributed by atoms with Gasteiger partial charge in [0.1, 0.15) is 0 Å². The highest BCUT2D eigenvalue weighted by Crippen LogP contribution is 2.42. The summed E-state index contributed by atoms with van der Waals surface area (Å²) in [6.07, 6.45) is 6.29. The summed E-state index contributed by atoms with van der Waals surface area (Å²) in [5.41, 5.74) is 5.94. The molecule has 0 unspecified atom stereocenters. The van der Waals surface area contributed by atoms with Crippen molar-refractivity contribution < 1.29 is 4.79 Å². The van der Waals surface area contributed by atoms with Crippen LogP contribution in [0.5, 0.6) is 0 Å². The third kappa shape index (κ3) is 3.69. The first-order valence-electron chi connectivity index (χ1n) is 7.78. The van der Waals surface area contributed by atoms with E-state index in [4.69, 9.17) is 5.73 Å². The van der Waals surface area contributed by atoms with Gasteiger partial charge in [0, 0.05) is 31.6 Å². The van der Waals surface area contributed by atoms with Gasteiger partial charge >= 0.3 is 0 Å². The summed E-state index contributed by atoms with van der Waals surface area (Å²) >= 11 is 0. The van der Waals surface area contributed by atoms with Crippen LogP contribution < -0.4 is 11.1 Å². The van der Waals surface area contributed by atoms with E-state index in [1.807, 2.05) is 0 Å². The van der Waals surface area contributed by atoms with Crippen LogP contribution in [0.25, 0.3) is 0 Å². The van der Waals surface area contributed by atoms with E-state index in [9.17, 15) is 4.79 Å². The lowest BCUT2D eigenvalue weighted by atomic mass is 9.66. The van der Waals surface area contributed by atoms with Gasteiger partial charge in [-0.05, 0) is 51.5 Å². The van der Waals surface area contributed by atoms with E-state index in [0.29, 0.717) is 25.0 Å². The topological polar surface area (TPSA) is 58.4 Å². The van der Waals surface area contributed by atoms with Crippen molar-refractivity contribution in [2.75, 3.05) is 19.6 Å². The fourth-order valence-corrected chi connectivity index (χ4v) is 3.31. The van der Waals surface area contributed by atoms with Crippen molar-refractivity contribution in [2.45, 2.75) is 64.5 Å². The average molecular weight is 267 g/mol. The molecule has 0 aromatic heterocycles. The van der Waals surface area contributed by atoms with Gasteiger partial charge in [0.2, 0.25) is 5.91 Å². The molecule has 2 aliphatic rings. The molecule has 1 saturated heterocycles. The lowest BCUT2D eigenvalue weighted by Crippen LogP contribution is -2.48. The van der Waals surface area contributed by atoms with E-state index in [1.165, 1.54) is 6.42 Å². The SMILES string of the molecule is CC(C)N1CCC(NC(=O)CC2(CN)CCC2)CC1. The number of amides is 1. The predicted molar refractivity (Wildman–Crippen MR) is 77.8 cm³/mol. The van der Waals surface area contributed by atoms with Crippen LogP contribution >= 0.6 is 0 Å². The maximum atomic E-state index is 12.1. The normalized spacial score (nSPS) is 24.2. The van der Waals surface area contributed by atoms with Gasteiger partial charge in [-0.3, -0.25) is 4.79 Å². The van der Waals surface area contributed by atoms with E-state index in [0.717, 1.165) is 38.8 Å². The van der Waals surface area contributed by atoms with Crippen molar-refractivity contribution in [1.82, 2.24) is 10.2 Å². The summed E-state index contributed by atoms with van der Waals surface area (Å²) in [6, 6.07) is 0.990. The zero-order valence-corrected chi connectivity index (χ0v) is 12.5. The molecular weight excluding hydrogens is 238 g/mol. The highest BCUT2D eigenvalue weighted by molar-refractivity contribution is 5.77. The Morgan fingerprint density at radius 2 is 2.00 bits per heavy atom. The van der Waals surface area contributed by atoms with Gasteiger partial charge in [0.15, 0.2) is 0 Å². The van der Waals surface area contributed by atoms with Crippen molar-refractivity contribution in [3.63, 3.8) is 0 Å². The molecule has 4 heteroatoms. The zero-order valence-electron chi connectivity index (χ0n) is 12.5. The second-order valence-electron chi connectivity index (χ2n) is 6.71. The second kappa shape index (κ2) is 6.23. The van der Waals surface area contributed by atoms with Gasteiger partial charge in [-0.1, -0.05) is 6.42 Å². The first-order chi connectivity index (χ1) is 9.04. The molecule has 110 valence electrons. The minimum absolute atomic E-state index is 0.128. The number of carbonyl (C=O) groups is 1. The molecule has 2 rings (SSSR count). The number of rotatable bonds is 5. The molecule has 0 bridgehead atoms. The maximum absolute atomic E-state index is 12.1. The lowest BCUT2D eigenvalue weighted by Gasteiger charge is -2.41. The Labute approximate surface area is 117 Å². The first-order valence-corrected chi connectivity index (χ1v) is 7.78. The maximum Gasteiger partial charge on any atom is 0.220 e. The number of nitrogens with zero attached hydrogens (tertiary/aromatic N) is 1. The van der Waals surface area contributed by atoms with E-state index < -0.39 is 0 Å². The van der Waals surface area contributed by atoms with E-state index in [2.05, 4.69) is 24.1 Å². The molecule has 4 nitrogen and oxygen atoms in total. The van der Waals surface area contributed by atoms with Crippen molar-refractivity contribution in [1.29, 1.82) is 0 Å². The number of hydrogen-bond acceptors (Lipinski definition) is 3. The summed E-state index contributed by atoms with van der Waals surface area (Å²) in [7, 11) is 0. The molecule has 0 aromatic rings. The molecule has 2 fully saturated rings. The number of carbonyl (C=O) groups excluding carboxylic acids is 1. The molecule has 19 heavy (non-hydrogen) atoms. The van der Waals surface area contributed by atoms with Crippen LogP contribution in [0.3, 0.4) is 0 Å². The largest absolute Gasteiger partial charge is 0.353 e. The molecule has 1 heterocycles. The third-order valence-corrected chi connectivity index (χ3v) is 5.01. The van der Waals surface area contributed by atoms with Gasteiger partial charge in [-0.15, -0.1) is 0 Å². The number of hydrogen-bond donors (Lipinski definition) is 2. The van der Waals surface area contributed by atoms with Crippen LogP contribution in [0.2, 0.25) is 0 Å². The van der Waals surface area contributed by atoms with Crippen LogP contribution in [-0.2, 0) is 4.79 Å². The summed E-state index contributed by atoms with van der Waals surface area (Å²) < 4.78 is 0. The Kier molecular flexibility index (Phi) is 4.85. The lowest BCUT2D eigenvalue weighted by molar-refractivity contribution is -0.125. The van der Waals surface area contributed by atoms with Crippen LogP contribution in [0, 0.1) is 5.41 Å². The summed E-state index contributed by atoms with van der Waals surface area (Å²) in [6.45, 7) is 7.34. The first kappa shape index (κ1) is 14.8. The number of piperidine rings is 1. The average Bonchev–Trinajstić information content (AvgIpc) is 2.34. The molecule has 0 spiro atoms. The van der Waals surface area contributed by atoms with Gasteiger partial charge in [-0.25, -0.2) is 0 Å². The van der Waals surface area contributed by atoms with E-state index >= 15 is 0 Å². The molecule has 3 N–H and O–H groups in total. The number of nitrogens with one attached hydrogen (secondary N) is 1. The Hall–Kier alpha value is -0.610. The molecule has 1 aliphatic heterocycles. The van der Waals surface area contributed by atoms with E-state index in [1.54, 1.807) is 0 Å². The summed E-state index contributed by atoms with van der Waals surface area (Å²) in [4.78, 5) is 14.6. The zero-order chi connectivity index (χ0) is 13.9. The van der Waals surface area contributed by atoms with Gasteiger partial charge in [0.25, 0.3) is 0 Å². The Balaban J connectivity index is 1.72. The molecule has 0 aromatic carbocycles. The predicted octanol–water partition coefficient (Wildman–Crippen LogP) is 1.49. The monoisotopic (exact) mass is 267 g/mol. The fourth-order valence-electron chi connectivity index (χ4n) is 3.31. The summed E-state index contributed by atoms with van der Waals surface area (Å²) in [5.74, 6) is 0.216. The molecular formula is C15H29N3O. The van der Waals surface area contributed by atoms with Crippen LogP contribution in [-0.4, -0.2) is 42.5 Å². The summed E-state index contributed by atoms with van der Waals surface area (Å²) in [5, 5.41) is 3.22. The van der Waals surface area contributed by atoms with Gasteiger partial charge in [0.05, 0.1) is 0 Å². The Morgan fingerprint density at radius 3 is 2.42 bits per heavy atom. The minimum atomic E-state index is 0.128. The van der Waals surface area contributed by atoms with Gasteiger partial charge < -0.3 is 16.0 Å². The molecule has 1 amide bonds. The highest BCUT2D eigenvalue weighted by Gasteiger charge is 2.37. The molecule has 0 atom stereocenters. The quantitative estimate of drug-likeness (QED) is 0.793. The van der Waals surface area contributed by atoms with Crippen LogP contribution in [0.1, 0.15) is 52.4 Å². The smallest absolute Gasteiger partial charge is 0.220 e. The fraction of sp³-hybridized carbons (Fsp3) is 0.933. The Morgan fingerprint density at radius 1 is 1.37 bits per heavy atom. The second-order valence-corrected chi connectivity index (χ2v) is 6.71. The Bertz CT molecular complexity index is 299. The van der Waals surface area contributed by atoms with Crippen molar-refractivity contribution in [3.05, 3.63) is 0 Å². The number of likely N-dealkylation sites (tertiary alicyclic amines) is 1.